The number of thiophene rings is 1. The molecule has 0 saturated carbocycles. The van der Waals surface area contributed by atoms with Gasteiger partial charge in [0.05, 0.1) is 0 Å². The molecule has 0 fully saturated rings. The van der Waals surface area contributed by atoms with E-state index in [1.807, 2.05) is 11.4 Å². The normalized spacial score (nSPS) is 10.5. The number of nitrogens with one attached hydrogen (secondary N) is 1. The molecule has 4 heteroatoms. The van der Waals surface area contributed by atoms with Gasteiger partial charge in [-0.2, -0.15) is 0 Å². The summed E-state index contributed by atoms with van der Waals surface area (Å²) in [7, 11) is 0. The maximum Gasteiger partial charge on any atom is 0.123 e. The number of hydrogen-bond donors (Lipinski definition) is 3. The molecule has 3 N–H and O–H groups in total. The topological polar surface area (TPSA) is 52.5 Å². The van der Waals surface area contributed by atoms with Crippen molar-refractivity contribution >= 4 is 11.3 Å². The van der Waals surface area contributed by atoms with Crippen LogP contribution >= 0.6 is 11.3 Å². The number of phenolic OH excluding ortho intramolecular Hbond substituents is 2. The van der Waals surface area contributed by atoms with Crippen molar-refractivity contribution in [1.29, 1.82) is 0 Å². The molecule has 0 amide bonds. The summed E-state index contributed by atoms with van der Waals surface area (Å²) in [5, 5.41) is 24.0. The van der Waals surface area contributed by atoms with E-state index in [0.29, 0.717) is 6.54 Å². The first-order chi connectivity index (χ1) is 7.75. The zero-order valence-electron chi connectivity index (χ0n) is 8.68. The molecule has 3 nitrogen and oxygen atoms in total. The van der Waals surface area contributed by atoms with Crippen LogP contribution in [-0.4, -0.2) is 10.2 Å². The van der Waals surface area contributed by atoms with Crippen molar-refractivity contribution in [3.63, 3.8) is 0 Å². The van der Waals surface area contributed by atoms with E-state index in [1.165, 1.54) is 10.9 Å². The zero-order valence-corrected chi connectivity index (χ0v) is 9.50. The molecule has 0 spiro atoms. The molecular weight excluding hydrogens is 222 g/mol. The second-order valence-corrected chi connectivity index (χ2v) is 4.53. The van der Waals surface area contributed by atoms with Crippen molar-refractivity contribution in [2.45, 2.75) is 13.1 Å². The van der Waals surface area contributed by atoms with Crippen molar-refractivity contribution < 1.29 is 10.2 Å². The van der Waals surface area contributed by atoms with Gasteiger partial charge in [-0.05, 0) is 17.5 Å². The number of hydrogen-bond acceptors (Lipinski definition) is 4. The number of benzene rings is 1. The summed E-state index contributed by atoms with van der Waals surface area (Å²) in [5.74, 6) is 0.207. The Morgan fingerprint density at radius 1 is 1.12 bits per heavy atom. The monoisotopic (exact) mass is 235 g/mol. The highest BCUT2D eigenvalue weighted by atomic mass is 32.1. The highest BCUT2D eigenvalue weighted by Crippen LogP contribution is 2.22. The van der Waals surface area contributed by atoms with Crippen molar-refractivity contribution in [1.82, 2.24) is 5.32 Å². The first kappa shape index (κ1) is 11.0. The van der Waals surface area contributed by atoms with Gasteiger partial charge in [-0.1, -0.05) is 12.1 Å². The highest BCUT2D eigenvalue weighted by Gasteiger charge is 2.01. The van der Waals surface area contributed by atoms with Crippen LogP contribution in [0.2, 0.25) is 0 Å². The molecule has 16 heavy (non-hydrogen) atoms. The van der Waals surface area contributed by atoms with Gasteiger partial charge in [0.1, 0.15) is 11.5 Å². The Labute approximate surface area is 98.0 Å². The minimum Gasteiger partial charge on any atom is -0.508 e. The quantitative estimate of drug-likeness (QED) is 0.763. The molecule has 84 valence electrons. The van der Waals surface area contributed by atoms with Gasteiger partial charge in [-0.15, -0.1) is 11.3 Å². The molecule has 0 bridgehead atoms. The maximum atomic E-state index is 9.55. The molecule has 1 aromatic carbocycles. The van der Waals surface area contributed by atoms with E-state index in [0.717, 1.165) is 12.1 Å². The maximum absolute atomic E-state index is 9.55. The molecule has 0 aliphatic heterocycles. The van der Waals surface area contributed by atoms with Gasteiger partial charge in [0.2, 0.25) is 0 Å². The SMILES string of the molecule is Oc1ccc(CNCc2cccs2)c(O)c1. The smallest absolute Gasteiger partial charge is 0.123 e. The van der Waals surface area contributed by atoms with Gasteiger partial charge in [0.25, 0.3) is 0 Å². The molecule has 2 rings (SSSR count). The molecule has 1 aromatic heterocycles. The number of phenols is 2. The lowest BCUT2D eigenvalue weighted by Crippen LogP contribution is -2.11. The fraction of sp³-hybridized carbons (Fsp3) is 0.167. The fourth-order valence-corrected chi connectivity index (χ4v) is 2.11. The summed E-state index contributed by atoms with van der Waals surface area (Å²) < 4.78 is 0. The first-order valence-electron chi connectivity index (χ1n) is 4.99. The largest absolute Gasteiger partial charge is 0.508 e. The third-order valence-corrected chi connectivity index (χ3v) is 3.14. The molecule has 0 atom stereocenters. The lowest BCUT2D eigenvalue weighted by Gasteiger charge is -2.06. The number of rotatable bonds is 4. The van der Waals surface area contributed by atoms with Gasteiger partial charge < -0.3 is 15.5 Å². The van der Waals surface area contributed by atoms with E-state index < -0.39 is 0 Å². The standard InChI is InChI=1S/C12H13NO2S/c14-10-4-3-9(12(15)6-10)7-13-8-11-2-1-5-16-11/h1-6,13-15H,7-8H2. The molecule has 2 aromatic rings. The summed E-state index contributed by atoms with van der Waals surface area (Å²) in [4.78, 5) is 1.26. The summed E-state index contributed by atoms with van der Waals surface area (Å²) in [6, 6.07) is 8.71. The third kappa shape index (κ3) is 2.74. The average molecular weight is 235 g/mol. The van der Waals surface area contributed by atoms with Gasteiger partial charge in [0.15, 0.2) is 0 Å². The molecule has 0 saturated heterocycles. The summed E-state index contributed by atoms with van der Waals surface area (Å²) >= 11 is 1.70. The summed E-state index contributed by atoms with van der Waals surface area (Å²) in [5.41, 5.74) is 0.786. The van der Waals surface area contributed by atoms with Crippen LogP contribution in [0.3, 0.4) is 0 Å². The van der Waals surface area contributed by atoms with Gasteiger partial charge >= 0.3 is 0 Å². The van der Waals surface area contributed by atoms with Crippen LogP contribution in [0.4, 0.5) is 0 Å². The third-order valence-electron chi connectivity index (χ3n) is 2.26. The van der Waals surface area contributed by atoms with E-state index in [4.69, 9.17) is 5.11 Å². The minimum atomic E-state index is 0.0829. The molecule has 0 aliphatic rings. The molecule has 0 aliphatic carbocycles. The summed E-state index contributed by atoms with van der Waals surface area (Å²) in [6.45, 7) is 1.38. The van der Waals surface area contributed by atoms with E-state index >= 15 is 0 Å². The van der Waals surface area contributed by atoms with E-state index in [-0.39, 0.29) is 11.5 Å². The Bertz CT molecular complexity index is 454. The predicted octanol–water partition coefficient (Wildman–Crippen LogP) is 2.45. The van der Waals surface area contributed by atoms with Crippen molar-refractivity contribution in [3.05, 3.63) is 46.2 Å². The molecule has 0 unspecified atom stereocenters. The van der Waals surface area contributed by atoms with Crippen molar-refractivity contribution in [3.8, 4) is 11.5 Å². The molecule has 0 radical (unpaired) electrons. The van der Waals surface area contributed by atoms with Crippen LogP contribution in [0.25, 0.3) is 0 Å². The molecular formula is C12H13NO2S. The minimum absolute atomic E-state index is 0.0829. The Morgan fingerprint density at radius 2 is 2.00 bits per heavy atom. The van der Waals surface area contributed by atoms with Crippen molar-refractivity contribution in [2.24, 2.45) is 0 Å². The molecule has 1 heterocycles. The van der Waals surface area contributed by atoms with Crippen molar-refractivity contribution in [2.75, 3.05) is 0 Å². The van der Waals surface area contributed by atoms with Gasteiger partial charge in [-0.25, -0.2) is 0 Å². The van der Waals surface area contributed by atoms with Gasteiger partial charge in [-0.3, -0.25) is 0 Å². The zero-order chi connectivity index (χ0) is 11.4. The van der Waals surface area contributed by atoms with Crippen LogP contribution in [-0.2, 0) is 13.1 Å². The fourth-order valence-electron chi connectivity index (χ4n) is 1.44. The van der Waals surface area contributed by atoms with Crippen LogP contribution in [0, 0.1) is 0 Å². The van der Waals surface area contributed by atoms with E-state index in [2.05, 4.69) is 11.4 Å². The lowest BCUT2D eigenvalue weighted by molar-refractivity contribution is 0.444. The Balaban J connectivity index is 1.90. The van der Waals surface area contributed by atoms with Gasteiger partial charge in [0, 0.05) is 29.6 Å². The van der Waals surface area contributed by atoms with Crippen LogP contribution in [0.5, 0.6) is 11.5 Å². The average Bonchev–Trinajstić information content (AvgIpc) is 2.74. The second kappa shape index (κ2) is 5.01. The first-order valence-corrected chi connectivity index (χ1v) is 5.87. The predicted molar refractivity (Wildman–Crippen MR) is 64.6 cm³/mol. The summed E-state index contributed by atoms with van der Waals surface area (Å²) in [6.07, 6.45) is 0. The second-order valence-electron chi connectivity index (χ2n) is 3.50. The van der Waals surface area contributed by atoms with Crippen LogP contribution in [0.15, 0.2) is 35.7 Å². The Kier molecular flexibility index (Phi) is 3.44. The lowest BCUT2D eigenvalue weighted by atomic mass is 10.2. The van der Waals surface area contributed by atoms with E-state index in [9.17, 15) is 5.11 Å². The Morgan fingerprint density at radius 3 is 2.69 bits per heavy atom. The highest BCUT2D eigenvalue weighted by molar-refractivity contribution is 7.09. The Hall–Kier alpha value is -1.52. The van der Waals surface area contributed by atoms with E-state index in [1.54, 1.807) is 23.5 Å². The van der Waals surface area contributed by atoms with Crippen LogP contribution < -0.4 is 5.32 Å². The number of aromatic hydroxyl groups is 2. The van der Waals surface area contributed by atoms with Crippen LogP contribution in [0.1, 0.15) is 10.4 Å².